The van der Waals surface area contributed by atoms with E-state index in [2.05, 4.69) is 26.9 Å². The average Bonchev–Trinajstić information content (AvgIpc) is 2.88. The fourth-order valence-corrected chi connectivity index (χ4v) is 5.08. The highest BCUT2D eigenvalue weighted by atomic mass is 35.5. The van der Waals surface area contributed by atoms with Gasteiger partial charge < -0.3 is 19.4 Å². The molecule has 33 heavy (non-hydrogen) atoms. The Morgan fingerprint density at radius 2 is 1.70 bits per heavy atom. The number of benzene rings is 2. The Morgan fingerprint density at radius 3 is 2.45 bits per heavy atom. The van der Waals surface area contributed by atoms with Gasteiger partial charge in [-0.1, -0.05) is 17.7 Å². The van der Waals surface area contributed by atoms with Crippen molar-refractivity contribution in [1.29, 1.82) is 0 Å². The predicted molar refractivity (Wildman–Crippen MR) is 134 cm³/mol. The van der Waals surface area contributed by atoms with Crippen molar-refractivity contribution >= 4 is 39.8 Å². The van der Waals surface area contributed by atoms with Crippen LogP contribution in [0.4, 0.5) is 11.4 Å². The maximum atomic E-state index is 13.6. The highest BCUT2D eigenvalue weighted by Crippen LogP contribution is 2.34. The Balaban J connectivity index is 1.47. The number of piperidine rings is 1. The van der Waals surface area contributed by atoms with E-state index in [1.807, 2.05) is 35.2 Å². The molecule has 3 heterocycles. The number of rotatable bonds is 4. The van der Waals surface area contributed by atoms with E-state index in [9.17, 15) is 4.79 Å². The average molecular weight is 465 g/mol. The summed E-state index contributed by atoms with van der Waals surface area (Å²) >= 11 is 6.38. The number of aromatic nitrogens is 1. The van der Waals surface area contributed by atoms with Crippen molar-refractivity contribution < 1.29 is 9.53 Å². The number of carbonyl (C=O) groups is 1. The molecular weight excluding hydrogens is 436 g/mol. The Kier molecular flexibility index (Phi) is 6.27. The van der Waals surface area contributed by atoms with Gasteiger partial charge in [0.2, 0.25) is 0 Å². The summed E-state index contributed by atoms with van der Waals surface area (Å²) in [5, 5.41) is 1.60. The number of ether oxygens (including phenoxy) is 1. The number of likely N-dealkylation sites (tertiary alicyclic amines) is 1. The second kappa shape index (κ2) is 9.48. The first-order valence-electron chi connectivity index (χ1n) is 11.7. The lowest BCUT2D eigenvalue weighted by Gasteiger charge is -2.39. The van der Waals surface area contributed by atoms with Crippen molar-refractivity contribution in [2.24, 2.45) is 0 Å². The van der Waals surface area contributed by atoms with Crippen LogP contribution in [0.2, 0.25) is 5.02 Å². The summed E-state index contributed by atoms with van der Waals surface area (Å²) in [6.45, 7) is 4.96. The highest BCUT2D eigenvalue weighted by molar-refractivity contribution is 6.31. The molecule has 0 N–H and O–H groups in total. The third kappa shape index (κ3) is 4.44. The molecule has 2 aliphatic heterocycles. The minimum Gasteiger partial charge on any atom is -0.497 e. The number of hydrogen-bond donors (Lipinski definition) is 0. The van der Waals surface area contributed by atoms with Crippen LogP contribution < -0.4 is 14.5 Å². The van der Waals surface area contributed by atoms with Crippen molar-refractivity contribution in [3.05, 3.63) is 59.2 Å². The first kappa shape index (κ1) is 21.8. The Hall–Kier alpha value is -2.99. The zero-order chi connectivity index (χ0) is 22.8. The van der Waals surface area contributed by atoms with Gasteiger partial charge in [0.1, 0.15) is 5.75 Å². The van der Waals surface area contributed by atoms with Crippen molar-refractivity contribution in [3.63, 3.8) is 0 Å². The van der Waals surface area contributed by atoms with E-state index in [1.165, 1.54) is 6.42 Å². The summed E-state index contributed by atoms with van der Waals surface area (Å²) in [6.07, 6.45) is 5.08. The van der Waals surface area contributed by atoms with Gasteiger partial charge in [-0.05, 0) is 49.6 Å². The van der Waals surface area contributed by atoms with Gasteiger partial charge in [-0.25, -0.2) is 0 Å². The SMILES string of the molecule is COc1cccc(N2CCN(c3c(C(=O)N4CCCCC4)cnc4ccc(Cl)cc34)CC2)c1. The van der Waals surface area contributed by atoms with Crippen LogP contribution in [-0.2, 0) is 0 Å². The van der Waals surface area contributed by atoms with Crippen LogP contribution in [0.25, 0.3) is 10.9 Å². The predicted octanol–water partition coefficient (Wildman–Crippen LogP) is 4.85. The van der Waals surface area contributed by atoms with Gasteiger partial charge in [0.25, 0.3) is 5.91 Å². The first-order valence-corrected chi connectivity index (χ1v) is 12.0. The number of carbonyl (C=O) groups excluding carboxylic acids is 1. The van der Waals surface area contributed by atoms with Crippen LogP contribution in [0, 0.1) is 0 Å². The van der Waals surface area contributed by atoms with Crippen LogP contribution in [-0.4, -0.2) is 62.2 Å². The summed E-state index contributed by atoms with van der Waals surface area (Å²) in [6, 6.07) is 13.9. The molecule has 0 unspecified atom stereocenters. The summed E-state index contributed by atoms with van der Waals surface area (Å²) in [5.41, 5.74) is 3.66. The minimum atomic E-state index is 0.0781. The number of piperazine rings is 1. The number of nitrogens with zero attached hydrogens (tertiary/aromatic N) is 4. The van der Waals surface area contributed by atoms with Gasteiger partial charge >= 0.3 is 0 Å². The monoisotopic (exact) mass is 464 g/mol. The number of halogens is 1. The molecule has 172 valence electrons. The van der Waals surface area contributed by atoms with Gasteiger partial charge in [-0.3, -0.25) is 9.78 Å². The van der Waals surface area contributed by atoms with Crippen molar-refractivity contribution in [2.45, 2.75) is 19.3 Å². The van der Waals surface area contributed by atoms with Crippen LogP contribution >= 0.6 is 11.6 Å². The van der Waals surface area contributed by atoms with Crippen LogP contribution in [0.15, 0.2) is 48.7 Å². The van der Waals surface area contributed by atoms with Crippen molar-refractivity contribution in [3.8, 4) is 5.75 Å². The standard InChI is InChI=1S/C26H29ClN4O2/c1-33-21-7-5-6-20(17-21)29-12-14-30(15-13-29)25-22-16-19(27)8-9-24(22)28-18-23(25)26(32)31-10-3-2-4-11-31/h5-9,16-18H,2-4,10-15H2,1H3. The van der Waals surface area contributed by atoms with Crippen LogP contribution in [0.3, 0.4) is 0 Å². The van der Waals surface area contributed by atoms with E-state index in [0.29, 0.717) is 10.6 Å². The second-order valence-electron chi connectivity index (χ2n) is 8.71. The summed E-state index contributed by atoms with van der Waals surface area (Å²) < 4.78 is 5.40. The molecule has 5 rings (SSSR count). The molecular formula is C26H29ClN4O2. The largest absolute Gasteiger partial charge is 0.497 e. The smallest absolute Gasteiger partial charge is 0.257 e. The van der Waals surface area contributed by atoms with Gasteiger partial charge in [0.05, 0.1) is 23.9 Å². The molecule has 0 radical (unpaired) electrons. The molecule has 0 bridgehead atoms. The Morgan fingerprint density at radius 1 is 0.939 bits per heavy atom. The fourth-order valence-electron chi connectivity index (χ4n) is 4.91. The van der Waals surface area contributed by atoms with Gasteiger partial charge in [0, 0.05) is 67.6 Å². The lowest BCUT2D eigenvalue weighted by atomic mass is 10.0. The number of hydrogen-bond acceptors (Lipinski definition) is 5. The number of pyridine rings is 1. The van der Waals surface area contributed by atoms with Crippen LogP contribution in [0.5, 0.6) is 5.75 Å². The Bertz CT molecular complexity index is 1150. The summed E-state index contributed by atoms with van der Waals surface area (Å²) in [7, 11) is 1.69. The lowest BCUT2D eigenvalue weighted by molar-refractivity contribution is 0.0724. The molecule has 6 nitrogen and oxygen atoms in total. The summed E-state index contributed by atoms with van der Waals surface area (Å²) in [5.74, 6) is 0.938. The zero-order valence-electron chi connectivity index (χ0n) is 19.0. The molecule has 2 aliphatic rings. The molecule has 0 spiro atoms. The van der Waals surface area contributed by atoms with E-state index in [-0.39, 0.29) is 5.91 Å². The molecule has 1 amide bonds. The highest BCUT2D eigenvalue weighted by Gasteiger charge is 2.27. The van der Waals surface area contributed by atoms with E-state index >= 15 is 0 Å². The molecule has 3 aromatic rings. The Labute approximate surface area is 199 Å². The lowest BCUT2D eigenvalue weighted by Crippen LogP contribution is -2.47. The van der Waals surface area contributed by atoms with Gasteiger partial charge in [-0.15, -0.1) is 0 Å². The third-order valence-electron chi connectivity index (χ3n) is 6.69. The molecule has 0 atom stereocenters. The van der Waals surface area contributed by atoms with Crippen molar-refractivity contribution in [2.75, 3.05) is 56.2 Å². The zero-order valence-corrected chi connectivity index (χ0v) is 19.7. The number of anilines is 2. The number of amides is 1. The third-order valence-corrected chi connectivity index (χ3v) is 6.92. The first-order chi connectivity index (χ1) is 16.1. The van der Waals surface area contributed by atoms with E-state index in [1.54, 1.807) is 13.3 Å². The molecule has 0 saturated carbocycles. The summed E-state index contributed by atoms with van der Waals surface area (Å²) in [4.78, 5) is 24.8. The quantitative estimate of drug-likeness (QED) is 0.552. The number of methoxy groups -OCH3 is 1. The van der Waals surface area contributed by atoms with E-state index in [0.717, 1.165) is 80.1 Å². The number of fused-ring (bicyclic) bond motifs is 1. The van der Waals surface area contributed by atoms with Gasteiger partial charge in [0.15, 0.2) is 0 Å². The van der Waals surface area contributed by atoms with Crippen LogP contribution in [0.1, 0.15) is 29.6 Å². The maximum Gasteiger partial charge on any atom is 0.257 e. The van der Waals surface area contributed by atoms with E-state index < -0.39 is 0 Å². The topological polar surface area (TPSA) is 48.9 Å². The molecule has 1 aromatic heterocycles. The van der Waals surface area contributed by atoms with Crippen molar-refractivity contribution in [1.82, 2.24) is 9.88 Å². The normalized spacial score (nSPS) is 16.8. The fraction of sp³-hybridized carbons (Fsp3) is 0.385. The molecule has 2 fully saturated rings. The molecule has 2 saturated heterocycles. The maximum absolute atomic E-state index is 13.6. The van der Waals surface area contributed by atoms with E-state index in [4.69, 9.17) is 16.3 Å². The molecule has 2 aromatic carbocycles. The molecule has 0 aliphatic carbocycles. The molecule has 7 heteroatoms. The minimum absolute atomic E-state index is 0.0781. The second-order valence-corrected chi connectivity index (χ2v) is 9.15. The van der Waals surface area contributed by atoms with Gasteiger partial charge in [-0.2, -0.15) is 0 Å².